The predicted octanol–water partition coefficient (Wildman–Crippen LogP) is 10.9. The second-order valence-corrected chi connectivity index (χ2v) is 23.0. The van der Waals surface area contributed by atoms with Gasteiger partial charge in [-0.15, -0.1) is 23.1 Å². The number of nitriles is 1. The molecule has 0 spiro atoms. The van der Waals surface area contributed by atoms with Crippen LogP contribution in [-0.4, -0.2) is 101 Å². The maximum atomic E-state index is 16.1. The van der Waals surface area contributed by atoms with Crippen molar-refractivity contribution in [2.75, 3.05) is 43.3 Å². The number of nitrogens with zero attached hydrogens (tertiary/aromatic N) is 6. The summed E-state index contributed by atoms with van der Waals surface area (Å²) >= 11 is 2.75. The summed E-state index contributed by atoms with van der Waals surface area (Å²) in [6.45, 7) is 10.9. The number of carbonyl (C=O) groups is 3. The van der Waals surface area contributed by atoms with Gasteiger partial charge in [0.25, 0.3) is 0 Å². The van der Waals surface area contributed by atoms with E-state index in [0.717, 1.165) is 52.0 Å². The summed E-state index contributed by atoms with van der Waals surface area (Å²) < 4.78 is 135. The fourth-order valence-electron chi connectivity index (χ4n) is 10.1. The number of benzene rings is 3. The molecule has 79 heavy (non-hydrogen) atoms. The van der Waals surface area contributed by atoms with E-state index in [1.54, 1.807) is 56.4 Å². The number of rotatable bonds is 18. The van der Waals surface area contributed by atoms with Gasteiger partial charge in [-0.25, -0.2) is 13.8 Å². The molecule has 3 aromatic carbocycles. The maximum Gasteiger partial charge on any atom is 0.420 e. The number of nitrogens with one attached hydrogen (secondary N) is 2. The molecule has 5 heterocycles. The van der Waals surface area contributed by atoms with Crippen molar-refractivity contribution < 1.29 is 63.7 Å². The Kier molecular flexibility index (Phi) is 17.3. The van der Waals surface area contributed by atoms with Gasteiger partial charge < -0.3 is 39.5 Å². The first kappa shape index (κ1) is 58.6. The van der Waals surface area contributed by atoms with Crippen LogP contribution in [0.2, 0.25) is 0 Å². The van der Waals surface area contributed by atoms with Crippen LogP contribution in [0.4, 0.5) is 46.5 Å². The molecule has 0 bridgehead atoms. The van der Waals surface area contributed by atoms with E-state index in [1.165, 1.54) is 47.0 Å². The van der Waals surface area contributed by atoms with Crippen molar-refractivity contribution in [3.05, 3.63) is 112 Å². The van der Waals surface area contributed by atoms with Gasteiger partial charge in [0, 0.05) is 38.4 Å². The van der Waals surface area contributed by atoms with Gasteiger partial charge in [-0.2, -0.15) is 31.6 Å². The molecule has 3 amide bonds. The summed E-state index contributed by atoms with van der Waals surface area (Å²) in [5, 5.41) is 13.7. The smallest absolute Gasteiger partial charge is 0.420 e. The molecule has 3 unspecified atom stereocenters. The normalized spacial score (nSPS) is 19.4. The van der Waals surface area contributed by atoms with Crippen LogP contribution in [-0.2, 0) is 42.8 Å². The Labute approximate surface area is 459 Å². The van der Waals surface area contributed by atoms with Crippen molar-refractivity contribution in [3.8, 4) is 33.5 Å². The lowest BCUT2D eigenvalue weighted by atomic mass is 9.85. The van der Waals surface area contributed by atoms with E-state index < -0.39 is 104 Å². The number of amides is 3. The number of hydrogen-bond acceptors (Lipinski definition) is 13. The molecule has 14 nitrogen and oxygen atoms in total. The van der Waals surface area contributed by atoms with Crippen molar-refractivity contribution in [3.63, 3.8) is 0 Å². The second kappa shape index (κ2) is 23.3. The largest absolute Gasteiger partial charge is 0.494 e. The molecule has 0 aliphatic carbocycles. The minimum atomic E-state index is -5.18. The number of hydrogen-bond donors (Lipinski definition) is 2. The number of piperazine rings is 1. The van der Waals surface area contributed by atoms with Gasteiger partial charge >= 0.3 is 12.4 Å². The molecule has 2 aromatic heterocycles. The number of fused-ring (bicyclic) bond motifs is 1. The van der Waals surface area contributed by atoms with Crippen molar-refractivity contribution >= 4 is 52.2 Å². The number of pyridine rings is 1. The molecular weight excluding hydrogens is 1080 g/mol. The van der Waals surface area contributed by atoms with Gasteiger partial charge in [0.15, 0.2) is 17.9 Å². The second-order valence-electron chi connectivity index (χ2n) is 20.9. The number of unbranched alkanes of at least 4 members (excludes halogenated alkanes) is 1. The quantitative estimate of drug-likeness (QED) is 0.0486. The van der Waals surface area contributed by atoms with Crippen LogP contribution < -0.4 is 25.2 Å². The van der Waals surface area contributed by atoms with E-state index >= 15 is 8.78 Å². The zero-order valence-corrected chi connectivity index (χ0v) is 45.8. The summed E-state index contributed by atoms with van der Waals surface area (Å²) in [6.07, 6.45) is -8.37. The molecule has 24 heteroatoms. The van der Waals surface area contributed by atoms with Crippen LogP contribution in [0.25, 0.3) is 21.7 Å². The molecule has 3 fully saturated rings. The average molecular weight is 1140 g/mol. The van der Waals surface area contributed by atoms with E-state index in [4.69, 9.17) is 14.2 Å². The first-order chi connectivity index (χ1) is 37.3. The third-order valence-electron chi connectivity index (χ3n) is 14.0. The summed E-state index contributed by atoms with van der Waals surface area (Å²) in [5.74, 6) is -4.13. The number of thioether (sulfide) groups is 1. The minimum absolute atomic E-state index is 0.0365. The third kappa shape index (κ3) is 12.6. The molecule has 5 aromatic rings. The van der Waals surface area contributed by atoms with Crippen LogP contribution >= 0.6 is 23.1 Å². The highest BCUT2D eigenvalue weighted by molar-refractivity contribution is 8.08. The number of anilines is 2. The van der Waals surface area contributed by atoms with Crippen molar-refractivity contribution in [2.24, 2.45) is 5.41 Å². The van der Waals surface area contributed by atoms with Gasteiger partial charge in [-0.05, 0) is 93.3 Å². The summed E-state index contributed by atoms with van der Waals surface area (Å²) in [6, 6.07) is 13.5. The molecule has 0 radical (unpaired) electrons. The molecular formula is C55H58F8N8O6S2. The third-order valence-corrected chi connectivity index (χ3v) is 16.2. The number of aromatic nitrogens is 2. The lowest BCUT2D eigenvalue weighted by molar-refractivity contribution is -0.144. The van der Waals surface area contributed by atoms with Gasteiger partial charge in [-0.3, -0.25) is 19.4 Å². The van der Waals surface area contributed by atoms with E-state index in [0.29, 0.717) is 32.2 Å². The topological polar surface area (TPSA) is 162 Å². The van der Waals surface area contributed by atoms with Gasteiger partial charge in [0.2, 0.25) is 17.7 Å². The standard InChI is InChI=1S/C55H58F8N8O6S2/c1-30-45(78-29-67-30)32-14-12-31(13-15-32)26-66-47(73)40-11-10-20-69(40)48(74)46(52(2,3)4)68-41(72)28-76-21-8-9-22-77-35-17-18-36(37(24-35)54(58,59)60)44-38(56)23-34(27-65-44)71-50-49(79-50)70(51(75-7)53(71,5)6)39-19-16-33(25-64)42(43(39)57)55(61,62)63/h12-19,23-24,27,29,40,46,49-51H,8-11,20-22,26,28H2,1-7H3,(H,66,73)(H,68,72)/t40-,46+,49?,50?,51?/m0/s1. The molecule has 2 N–H and O–H groups in total. The number of likely N-dealkylation sites (tertiary alicyclic amines) is 1. The number of alkyl halides is 6. The SMILES string of the molecule is COC1N(c2ccc(C#N)c(C(F)(F)F)c2F)C2SC2N(c2cnc(-c3ccc(OCCCCOCC(=O)N[C@H](C(=O)N4CCC[C@H]4C(=O)NCc4ccc(-c5scnc5C)cc4)C(C)(C)C)cc3C(F)(F)F)c(F)c2)C1(C)C. The van der Waals surface area contributed by atoms with E-state index in [2.05, 4.69) is 20.6 Å². The Morgan fingerprint density at radius 3 is 2.29 bits per heavy atom. The van der Waals surface area contributed by atoms with Gasteiger partial charge in [0.05, 0.1) is 63.0 Å². The average Bonchev–Trinajstić information content (AvgIpc) is 4.04. The van der Waals surface area contributed by atoms with Gasteiger partial charge in [-0.1, -0.05) is 45.0 Å². The predicted molar refractivity (Wildman–Crippen MR) is 282 cm³/mol. The molecule has 0 saturated carbocycles. The van der Waals surface area contributed by atoms with Crippen molar-refractivity contribution in [1.29, 1.82) is 5.26 Å². The van der Waals surface area contributed by atoms with Crippen LogP contribution in [0.5, 0.6) is 5.75 Å². The molecule has 3 aliphatic heterocycles. The van der Waals surface area contributed by atoms with Crippen LogP contribution in [0.3, 0.4) is 0 Å². The minimum Gasteiger partial charge on any atom is -0.494 e. The Hall–Kier alpha value is -6.55. The molecule has 8 rings (SSSR count). The Balaban J connectivity index is 0.825. The zero-order valence-electron chi connectivity index (χ0n) is 44.2. The highest BCUT2D eigenvalue weighted by Gasteiger charge is 2.62. The summed E-state index contributed by atoms with van der Waals surface area (Å²) in [4.78, 5) is 54.6. The van der Waals surface area contributed by atoms with Crippen molar-refractivity contribution in [2.45, 2.75) is 121 Å². The molecule has 5 atom stereocenters. The number of thiazole rings is 1. The fraction of sp³-hybridized carbons (Fsp3) is 0.455. The molecule has 3 saturated heterocycles. The molecule has 3 aliphatic rings. The Morgan fingerprint density at radius 1 is 0.937 bits per heavy atom. The highest BCUT2D eigenvalue weighted by atomic mass is 32.2. The number of methoxy groups -OCH3 is 1. The number of ether oxygens (including phenoxy) is 3. The Morgan fingerprint density at radius 2 is 1.66 bits per heavy atom. The van der Waals surface area contributed by atoms with Crippen molar-refractivity contribution in [1.82, 2.24) is 25.5 Å². The fourth-order valence-corrected chi connectivity index (χ4v) is 12.3. The molecule has 422 valence electrons. The van der Waals surface area contributed by atoms with Gasteiger partial charge in [0.1, 0.15) is 46.4 Å². The highest BCUT2D eigenvalue weighted by Crippen LogP contribution is 2.58. The van der Waals surface area contributed by atoms with Crippen LogP contribution in [0, 0.1) is 35.3 Å². The van der Waals surface area contributed by atoms with E-state index in [1.807, 2.05) is 31.2 Å². The lowest BCUT2D eigenvalue weighted by Gasteiger charge is -2.52. The van der Waals surface area contributed by atoms with Crippen LogP contribution in [0.1, 0.15) is 88.2 Å². The van der Waals surface area contributed by atoms with Crippen LogP contribution in [0.15, 0.2) is 72.4 Å². The first-order valence-electron chi connectivity index (χ1n) is 25.3. The van der Waals surface area contributed by atoms with E-state index in [9.17, 15) is 46.0 Å². The van der Waals surface area contributed by atoms with E-state index in [-0.39, 0.29) is 49.6 Å². The lowest BCUT2D eigenvalue weighted by Crippen LogP contribution is -2.67. The zero-order chi connectivity index (χ0) is 57.4. The summed E-state index contributed by atoms with van der Waals surface area (Å²) in [7, 11) is 1.27. The maximum absolute atomic E-state index is 16.1. The number of carbonyl (C=O) groups excluding carboxylic acids is 3. The first-order valence-corrected chi connectivity index (χ1v) is 27.1. The summed E-state index contributed by atoms with van der Waals surface area (Å²) in [5.41, 5.74) is -2.64. The number of aryl methyl sites for hydroxylation is 1. The Bertz CT molecular complexity index is 3110. The monoisotopic (exact) mass is 1140 g/mol. The number of halogens is 8.